The summed E-state index contributed by atoms with van der Waals surface area (Å²) in [6.45, 7) is 32.5. The summed E-state index contributed by atoms with van der Waals surface area (Å²) in [6.07, 6.45) is 40.1. The molecular formula is C74H172O18S8. The van der Waals surface area contributed by atoms with Crippen LogP contribution in [0.4, 0.5) is 0 Å². The number of hydrogen-bond acceptors (Lipinski definition) is 26. The summed E-state index contributed by atoms with van der Waals surface area (Å²) in [5.74, 6) is 0. The summed E-state index contributed by atoms with van der Waals surface area (Å²) in [5, 5.41) is 0. The van der Waals surface area contributed by atoms with Gasteiger partial charge in [0, 0.05) is 52.9 Å². The van der Waals surface area contributed by atoms with Crippen LogP contribution in [0.15, 0.2) is 0 Å². The van der Waals surface area contributed by atoms with Gasteiger partial charge in [0.05, 0.1) is 201 Å². The Balaban J connectivity index is -0.000000249. The highest BCUT2D eigenvalue weighted by molar-refractivity contribution is 7.99. The summed E-state index contributed by atoms with van der Waals surface area (Å²) in [6, 6.07) is 0. The van der Waals surface area contributed by atoms with Gasteiger partial charge < -0.3 is 85.3 Å². The van der Waals surface area contributed by atoms with Crippen molar-refractivity contribution in [3.05, 3.63) is 0 Å². The van der Waals surface area contributed by atoms with Crippen LogP contribution in [0.25, 0.3) is 0 Å². The van der Waals surface area contributed by atoms with Gasteiger partial charge >= 0.3 is 0 Å². The van der Waals surface area contributed by atoms with E-state index in [2.05, 4.69) is 55.4 Å². The van der Waals surface area contributed by atoms with Crippen molar-refractivity contribution in [1.82, 2.24) is 0 Å². The summed E-state index contributed by atoms with van der Waals surface area (Å²) < 4.78 is 111. The molecule has 0 saturated carbocycles. The lowest BCUT2D eigenvalue weighted by atomic mass is 9.89. The van der Waals surface area contributed by atoms with E-state index < -0.39 is 16.2 Å². The van der Waals surface area contributed by atoms with Crippen LogP contribution < -0.4 is 0 Å². The van der Waals surface area contributed by atoms with Crippen LogP contribution in [0, 0.1) is 16.2 Å². The first-order valence-electron chi connectivity index (χ1n) is 34.8. The molecule has 0 aromatic rings. The second kappa shape index (κ2) is 125. The third-order valence-electron chi connectivity index (χ3n) is 10.7. The van der Waals surface area contributed by atoms with Crippen LogP contribution in [-0.4, -0.2) is 338 Å². The highest BCUT2D eigenvalue weighted by Crippen LogP contribution is 2.28. The molecule has 0 rings (SSSR count). The fraction of sp³-hybridized carbons (Fsp3) is 1.00. The van der Waals surface area contributed by atoms with Crippen LogP contribution >= 0.6 is 94.1 Å². The Morgan fingerprint density at radius 2 is 0.220 bits per heavy atom. The standard InChI is InChI=1S/C55H112O18.8C2H6S.3CH4/c1-9-17-56-25-33-64-41-53(42-65-34-26-57-18-10-2,43-66-35-27-58-19-11-3)49-72-51-55(47-70-39-31-62-23-15-7,48-71-40-32-63-24-16-8)52-73-50-54(44-67-36-28-59-20-12-4,45-68-37-29-60-21-13-5)46-69-38-30-61-22-14-6;8*1-3-2;;;/h9-52H2,1-8H3;8*1-2H3;3*1H4. The second-order valence-electron chi connectivity index (χ2n) is 22.1. The lowest BCUT2D eigenvalue weighted by Gasteiger charge is -2.38. The minimum absolute atomic E-state index is 0. The molecule has 0 aliphatic heterocycles. The van der Waals surface area contributed by atoms with Gasteiger partial charge in [0.25, 0.3) is 0 Å². The van der Waals surface area contributed by atoms with Gasteiger partial charge in [-0.15, -0.1) is 0 Å². The van der Waals surface area contributed by atoms with E-state index in [0.717, 1.165) is 51.4 Å². The zero-order valence-electron chi connectivity index (χ0n) is 67.2. The van der Waals surface area contributed by atoms with Crippen molar-refractivity contribution >= 4 is 94.1 Å². The normalized spacial score (nSPS) is 10.6. The predicted octanol–water partition coefficient (Wildman–Crippen LogP) is 17.3. The smallest absolute Gasteiger partial charge is 0.0700 e. The fourth-order valence-corrected chi connectivity index (χ4v) is 6.94. The maximum absolute atomic E-state index is 6.91. The molecule has 624 valence electrons. The molecule has 0 atom stereocenters. The maximum atomic E-state index is 6.91. The first-order chi connectivity index (χ1) is 47.2. The molecule has 0 heterocycles. The molecule has 0 bridgehead atoms. The molecule has 0 aromatic carbocycles. The average molecular weight is 1610 g/mol. The highest BCUT2D eigenvalue weighted by Gasteiger charge is 2.39. The first-order valence-corrected chi connectivity index (χ1v) is 47.9. The third kappa shape index (κ3) is 121. The van der Waals surface area contributed by atoms with Gasteiger partial charge in [-0.3, -0.25) is 0 Å². The molecule has 18 nitrogen and oxygen atoms in total. The van der Waals surface area contributed by atoms with E-state index in [1.54, 1.807) is 94.1 Å². The van der Waals surface area contributed by atoms with E-state index in [4.69, 9.17) is 85.3 Å². The number of rotatable bonds is 64. The Bertz CT molecular complexity index is 1050. The van der Waals surface area contributed by atoms with Gasteiger partial charge in [0.1, 0.15) is 0 Å². The lowest BCUT2D eigenvalue weighted by molar-refractivity contribution is -0.162. The third-order valence-corrected chi connectivity index (χ3v) is 10.7. The van der Waals surface area contributed by atoms with Gasteiger partial charge in [0.2, 0.25) is 0 Å². The molecule has 0 spiro atoms. The summed E-state index contributed by atoms with van der Waals surface area (Å²) in [4.78, 5) is 0. The van der Waals surface area contributed by atoms with Crippen LogP contribution in [0.3, 0.4) is 0 Å². The largest absolute Gasteiger partial charge is 0.380 e. The van der Waals surface area contributed by atoms with E-state index in [1.807, 2.05) is 100 Å². The van der Waals surface area contributed by atoms with Crippen LogP contribution in [0.2, 0.25) is 0 Å². The predicted molar refractivity (Wildman–Crippen MR) is 460 cm³/mol. The topological polar surface area (TPSA) is 166 Å². The van der Waals surface area contributed by atoms with Crippen molar-refractivity contribution in [1.29, 1.82) is 0 Å². The van der Waals surface area contributed by atoms with Gasteiger partial charge in [-0.25, -0.2) is 0 Å². The van der Waals surface area contributed by atoms with Crippen LogP contribution in [0.1, 0.15) is 129 Å². The average Bonchev–Trinajstić information content (AvgIpc) is 0.849. The minimum Gasteiger partial charge on any atom is -0.380 e. The number of ether oxygens (including phenoxy) is 18. The Morgan fingerprint density at radius 1 is 0.140 bits per heavy atom. The van der Waals surface area contributed by atoms with Crippen LogP contribution in [0.5, 0.6) is 0 Å². The van der Waals surface area contributed by atoms with Crippen molar-refractivity contribution in [3.63, 3.8) is 0 Å². The first kappa shape index (κ1) is 129. The molecular weight excluding hydrogens is 1430 g/mol. The van der Waals surface area contributed by atoms with Crippen molar-refractivity contribution in [2.24, 2.45) is 16.2 Å². The van der Waals surface area contributed by atoms with Gasteiger partial charge in [-0.2, -0.15) is 94.1 Å². The SMILES string of the molecule is C.C.C.CCCOCCOCC(COCCOCCC)(COCCOCCC)COCC(COCCOCCC)(COCCOCCC)COCC(COCCOCCC)(COCCOCCC)COCCOCCC.CSC.CSC.CSC.CSC.CSC.CSC.CSC.CSC. The van der Waals surface area contributed by atoms with E-state index in [0.29, 0.717) is 198 Å². The molecule has 26 heteroatoms. The molecule has 0 fully saturated rings. The molecule has 0 aliphatic rings. The molecule has 100 heavy (non-hydrogen) atoms. The molecule has 0 radical (unpaired) electrons. The monoisotopic (exact) mass is 1610 g/mol. The molecule has 0 saturated heterocycles. The molecule has 0 unspecified atom stereocenters. The Kier molecular flexibility index (Phi) is 160. The lowest BCUT2D eigenvalue weighted by Crippen LogP contribution is -2.48. The van der Waals surface area contributed by atoms with Crippen molar-refractivity contribution < 1.29 is 85.3 Å². The van der Waals surface area contributed by atoms with Crippen molar-refractivity contribution in [2.45, 2.75) is 129 Å². The fourth-order valence-electron chi connectivity index (χ4n) is 6.94. The van der Waals surface area contributed by atoms with Gasteiger partial charge in [0.15, 0.2) is 0 Å². The van der Waals surface area contributed by atoms with Gasteiger partial charge in [-0.05, 0) is 151 Å². The number of hydrogen-bond donors (Lipinski definition) is 0. The second-order valence-corrected chi connectivity index (χ2v) is 28.6. The Labute approximate surface area is 657 Å². The van der Waals surface area contributed by atoms with Crippen molar-refractivity contribution in [2.75, 3.05) is 338 Å². The summed E-state index contributed by atoms with van der Waals surface area (Å²) >= 11 is 14.0. The Hall–Kier alpha value is 2.08. The van der Waals surface area contributed by atoms with E-state index in [-0.39, 0.29) is 61.9 Å². The zero-order chi connectivity index (χ0) is 75.0. The van der Waals surface area contributed by atoms with Gasteiger partial charge in [-0.1, -0.05) is 77.7 Å². The van der Waals surface area contributed by atoms with E-state index >= 15 is 0 Å². The highest BCUT2D eigenvalue weighted by atomic mass is 32.2. The van der Waals surface area contributed by atoms with Crippen LogP contribution in [-0.2, 0) is 85.3 Å². The van der Waals surface area contributed by atoms with E-state index in [1.165, 1.54) is 0 Å². The molecule has 0 aliphatic carbocycles. The van der Waals surface area contributed by atoms with E-state index in [9.17, 15) is 0 Å². The minimum atomic E-state index is -0.788. The molecule has 0 amide bonds. The molecule has 0 aromatic heterocycles. The Morgan fingerprint density at radius 3 is 0.310 bits per heavy atom. The summed E-state index contributed by atoms with van der Waals surface area (Å²) in [7, 11) is 0. The summed E-state index contributed by atoms with van der Waals surface area (Å²) in [5.41, 5.74) is -2.18. The maximum Gasteiger partial charge on any atom is 0.0700 e. The zero-order valence-corrected chi connectivity index (χ0v) is 73.8. The quantitative estimate of drug-likeness (QED) is 0.0527. The molecule has 0 N–H and O–H groups in total. The van der Waals surface area contributed by atoms with Crippen molar-refractivity contribution in [3.8, 4) is 0 Å². The number of thioether (sulfide) groups is 8.